The van der Waals surface area contributed by atoms with Crippen LogP contribution in [0.1, 0.15) is 15.9 Å². The third-order valence-electron chi connectivity index (χ3n) is 2.37. The van der Waals surface area contributed by atoms with Crippen molar-refractivity contribution in [2.45, 2.75) is 0 Å². The molecule has 0 amide bonds. The molecule has 92 valence electrons. The van der Waals surface area contributed by atoms with E-state index in [1.165, 1.54) is 6.07 Å². The number of benzene rings is 2. The molecule has 0 aliphatic carbocycles. The maximum atomic E-state index is 13.5. The van der Waals surface area contributed by atoms with E-state index < -0.39 is 17.4 Å². The fourth-order valence-corrected chi connectivity index (χ4v) is 2.08. The monoisotopic (exact) mass is 330 g/mol. The van der Waals surface area contributed by atoms with Crippen LogP contribution in [0.3, 0.4) is 0 Å². The van der Waals surface area contributed by atoms with Crippen molar-refractivity contribution in [3.63, 3.8) is 0 Å². The SMILES string of the molecule is O=C(c1ccc(F)cc1F)c1cccc(Br)c1Cl. The van der Waals surface area contributed by atoms with Gasteiger partial charge in [-0.15, -0.1) is 0 Å². The van der Waals surface area contributed by atoms with Crippen LogP contribution in [0.15, 0.2) is 40.9 Å². The molecule has 0 atom stereocenters. The van der Waals surface area contributed by atoms with Gasteiger partial charge in [0.2, 0.25) is 0 Å². The summed E-state index contributed by atoms with van der Waals surface area (Å²) >= 11 is 9.14. The molecular weight excluding hydrogens is 325 g/mol. The van der Waals surface area contributed by atoms with Crippen molar-refractivity contribution in [3.05, 3.63) is 68.7 Å². The number of hydrogen-bond acceptors (Lipinski definition) is 1. The van der Waals surface area contributed by atoms with Crippen molar-refractivity contribution in [2.75, 3.05) is 0 Å². The Morgan fingerprint density at radius 1 is 1.11 bits per heavy atom. The molecule has 0 bridgehead atoms. The first-order valence-electron chi connectivity index (χ1n) is 4.94. The minimum atomic E-state index is -0.906. The lowest BCUT2D eigenvalue weighted by molar-refractivity contribution is 0.103. The first kappa shape index (κ1) is 13.2. The molecule has 0 saturated carbocycles. The molecule has 5 heteroatoms. The highest BCUT2D eigenvalue weighted by Gasteiger charge is 2.18. The minimum absolute atomic E-state index is 0.163. The van der Waals surface area contributed by atoms with Crippen LogP contribution in [0.4, 0.5) is 8.78 Å². The molecule has 0 aliphatic heterocycles. The van der Waals surface area contributed by atoms with Gasteiger partial charge in [0.25, 0.3) is 0 Å². The van der Waals surface area contributed by atoms with Gasteiger partial charge in [-0.3, -0.25) is 4.79 Å². The normalized spacial score (nSPS) is 10.4. The number of ketones is 1. The second kappa shape index (κ2) is 5.16. The molecule has 0 unspecified atom stereocenters. The van der Waals surface area contributed by atoms with Crippen LogP contribution in [0.25, 0.3) is 0 Å². The van der Waals surface area contributed by atoms with E-state index in [9.17, 15) is 13.6 Å². The second-order valence-corrected chi connectivity index (χ2v) is 4.79. The number of carbonyl (C=O) groups excluding carboxylic acids is 1. The Balaban J connectivity index is 2.51. The smallest absolute Gasteiger partial charge is 0.197 e. The van der Waals surface area contributed by atoms with Crippen molar-refractivity contribution in [1.82, 2.24) is 0 Å². The number of hydrogen-bond donors (Lipinski definition) is 0. The van der Waals surface area contributed by atoms with Gasteiger partial charge >= 0.3 is 0 Å². The van der Waals surface area contributed by atoms with Crippen LogP contribution in [0.2, 0.25) is 5.02 Å². The summed E-state index contributed by atoms with van der Waals surface area (Å²) in [5.74, 6) is -2.22. The predicted octanol–water partition coefficient (Wildman–Crippen LogP) is 4.61. The summed E-state index contributed by atoms with van der Waals surface area (Å²) in [6.07, 6.45) is 0. The van der Waals surface area contributed by atoms with E-state index >= 15 is 0 Å². The highest BCUT2D eigenvalue weighted by Crippen LogP contribution is 2.28. The quantitative estimate of drug-likeness (QED) is 0.734. The van der Waals surface area contributed by atoms with Gasteiger partial charge in [-0.25, -0.2) is 8.78 Å². The summed E-state index contributed by atoms with van der Waals surface area (Å²) in [6.45, 7) is 0. The summed E-state index contributed by atoms with van der Waals surface area (Å²) in [5, 5.41) is 0.200. The zero-order valence-electron chi connectivity index (χ0n) is 8.88. The van der Waals surface area contributed by atoms with E-state index in [2.05, 4.69) is 15.9 Å². The first-order chi connectivity index (χ1) is 8.50. The molecule has 0 spiro atoms. The van der Waals surface area contributed by atoms with Crippen LogP contribution < -0.4 is 0 Å². The Morgan fingerprint density at radius 3 is 2.50 bits per heavy atom. The fraction of sp³-hybridized carbons (Fsp3) is 0. The molecule has 1 nitrogen and oxygen atoms in total. The summed E-state index contributed by atoms with van der Waals surface area (Å²) in [4.78, 5) is 12.1. The maximum absolute atomic E-state index is 13.5. The van der Waals surface area contributed by atoms with Gasteiger partial charge in [-0.1, -0.05) is 17.7 Å². The van der Waals surface area contributed by atoms with Crippen LogP contribution >= 0.6 is 27.5 Å². The Labute approximate surface area is 116 Å². The van der Waals surface area contributed by atoms with E-state index in [1.807, 2.05) is 0 Å². The molecule has 0 saturated heterocycles. The molecule has 0 radical (unpaired) electrons. The van der Waals surface area contributed by atoms with Gasteiger partial charge in [-0.2, -0.15) is 0 Å². The Morgan fingerprint density at radius 2 is 1.83 bits per heavy atom. The van der Waals surface area contributed by atoms with Crippen LogP contribution in [-0.4, -0.2) is 5.78 Å². The molecule has 2 aromatic rings. The van der Waals surface area contributed by atoms with Gasteiger partial charge in [0.05, 0.1) is 10.6 Å². The van der Waals surface area contributed by atoms with Gasteiger partial charge in [-0.05, 0) is 40.2 Å². The van der Waals surface area contributed by atoms with Crippen molar-refractivity contribution in [2.24, 2.45) is 0 Å². The third-order valence-corrected chi connectivity index (χ3v) is 3.67. The average Bonchev–Trinajstić information content (AvgIpc) is 2.32. The molecule has 18 heavy (non-hydrogen) atoms. The average molecular weight is 332 g/mol. The zero-order valence-corrected chi connectivity index (χ0v) is 11.2. The van der Waals surface area contributed by atoms with E-state index in [1.54, 1.807) is 12.1 Å². The van der Waals surface area contributed by atoms with Gasteiger partial charge in [0, 0.05) is 16.1 Å². The van der Waals surface area contributed by atoms with E-state index in [0.717, 1.165) is 12.1 Å². The number of rotatable bonds is 2. The van der Waals surface area contributed by atoms with Crippen molar-refractivity contribution in [1.29, 1.82) is 0 Å². The van der Waals surface area contributed by atoms with Crippen molar-refractivity contribution < 1.29 is 13.6 Å². The van der Waals surface area contributed by atoms with E-state index in [4.69, 9.17) is 11.6 Å². The molecule has 2 aromatic carbocycles. The van der Waals surface area contributed by atoms with Crippen molar-refractivity contribution >= 4 is 33.3 Å². The minimum Gasteiger partial charge on any atom is -0.288 e. The standard InChI is InChI=1S/C13H6BrClF2O/c14-10-3-1-2-9(12(10)15)13(18)8-5-4-7(16)6-11(8)17/h1-6H. The Kier molecular flexibility index (Phi) is 3.78. The van der Waals surface area contributed by atoms with Crippen LogP contribution in [-0.2, 0) is 0 Å². The molecular formula is C13H6BrClF2O. The summed E-state index contributed by atoms with van der Waals surface area (Å²) in [7, 11) is 0. The summed E-state index contributed by atoms with van der Waals surface area (Å²) < 4.78 is 26.8. The topological polar surface area (TPSA) is 17.1 Å². The molecule has 0 aromatic heterocycles. The van der Waals surface area contributed by atoms with Gasteiger partial charge < -0.3 is 0 Å². The van der Waals surface area contributed by atoms with E-state index in [-0.39, 0.29) is 16.1 Å². The van der Waals surface area contributed by atoms with Crippen molar-refractivity contribution in [3.8, 4) is 0 Å². The first-order valence-corrected chi connectivity index (χ1v) is 6.11. The lowest BCUT2D eigenvalue weighted by Crippen LogP contribution is -2.05. The molecule has 0 heterocycles. The van der Waals surface area contributed by atoms with Gasteiger partial charge in [0.1, 0.15) is 11.6 Å². The largest absolute Gasteiger partial charge is 0.288 e. The number of carbonyl (C=O) groups is 1. The predicted molar refractivity (Wildman–Crippen MR) is 68.9 cm³/mol. The Bertz CT molecular complexity index is 628. The third kappa shape index (κ3) is 2.44. The van der Waals surface area contributed by atoms with Crippen LogP contribution in [0, 0.1) is 11.6 Å². The fourth-order valence-electron chi connectivity index (χ4n) is 1.50. The summed E-state index contributed by atoms with van der Waals surface area (Å²) in [5.41, 5.74) is -0.0482. The number of halogens is 4. The van der Waals surface area contributed by atoms with Crippen LogP contribution in [0.5, 0.6) is 0 Å². The lowest BCUT2D eigenvalue weighted by Gasteiger charge is -2.06. The highest BCUT2D eigenvalue weighted by molar-refractivity contribution is 9.10. The van der Waals surface area contributed by atoms with Gasteiger partial charge in [0.15, 0.2) is 5.78 Å². The highest BCUT2D eigenvalue weighted by atomic mass is 79.9. The molecule has 0 N–H and O–H groups in total. The Hall–Kier alpha value is -1.26. The molecule has 0 aliphatic rings. The second-order valence-electron chi connectivity index (χ2n) is 3.55. The molecule has 2 rings (SSSR count). The van der Waals surface area contributed by atoms with E-state index in [0.29, 0.717) is 10.5 Å². The lowest BCUT2D eigenvalue weighted by atomic mass is 10.0. The maximum Gasteiger partial charge on any atom is 0.197 e. The zero-order chi connectivity index (χ0) is 13.3. The molecule has 0 fully saturated rings. The summed E-state index contributed by atoms with van der Waals surface area (Å²) in [6, 6.07) is 7.56.